The van der Waals surface area contributed by atoms with Gasteiger partial charge in [-0.1, -0.05) is 13.8 Å². The standard InChI is InChI=1S/C4H12N2.C4H11N.C3H7NO2.C2H7NO/c5-3-1-2-4-6;1-4(2)3-5;4-2-1-3(5)6;3-1-2-4/h1-6H2;4H,3,5H2,1-2H3;1-2,4H2,(H,5,6);4H,1-3H2. The molecule has 0 saturated carbocycles. The first-order chi connectivity index (χ1) is 9.87. The average Bonchev–Trinajstić information content (AvgIpc) is 2.46. The maximum Gasteiger partial charge on any atom is 0.304 e. The quantitative estimate of drug-likeness (QED) is 0.281. The second-order valence-electron chi connectivity index (χ2n) is 4.36. The van der Waals surface area contributed by atoms with Crippen molar-refractivity contribution >= 4 is 5.97 Å². The van der Waals surface area contributed by atoms with E-state index < -0.39 is 5.97 Å². The fraction of sp³-hybridized carbons (Fsp3) is 0.923. The number of unbranched alkanes of at least 4 members (excludes halogenated alkanes) is 1. The summed E-state index contributed by atoms with van der Waals surface area (Å²) in [6, 6.07) is 0. The third-order valence-corrected chi connectivity index (χ3v) is 1.62. The van der Waals surface area contributed by atoms with Crippen molar-refractivity contribution in [1.82, 2.24) is 0 Å². The first-order valence-corrected chi connectivity index (χ1v) is 7.20. The molecule has 8 heteroatoms. The fourth-order valence-corrected chi connectivity index (χ4v) is 0.412. The highest BCUT2D eigenvalue weighted by molar-refractivity contribution is 5.66. The maximum atomic E-state index is 9.52. The van der Waals surface area contributed by atoms with E-state index in [2.05, 4.69) is 13.8 Å². The van der Waals surface area contributed by atoms with Crippen molar-refractivity contribution in [2.75, 3.05) is 39.3 Å². The summed E-state index contributed by atoms with van der Waals surface area (Å²) in [7, 11) is 0. The molecule has 0 rings (SSSR count). The predicted octanol–water partition coefficient (Wildman–Crippen LogP) is -1.36. The summed E-state index contributed by atoms with van der Waals surface area (Å²) in [5.41, 5.74) is 25.1. The first kappa shape index (κ1) is 28.4. The summed E-state index contributed by atoms with van der Waals surface area (Å²) >= 11 is 0. The van der Waals surface area contributed by atoms with Gasteiger partial charge >= 0.3 is 5.97 Å². The minimum Gasteiger partial charge on any atom is -0.481 e. The molecule has 12 N–H and O–H groups in total. The SMILES string of the molecule is CC(C)CN.NCCC(=O)O.NCCCCN.NCCO. The van der Waals surface area contributed by atoms with Crippen LogP contribution in [0.1, 0.15) is 33.1 Å². The summed E-state index contributed by atoms with van der Waals surface area (Å²) in [6.45, 7) is 7.25. The van der Waals surface area contributed by atoms with Crippen molar-refractivity contribution < 1.29 is 15.0 Å². The zero-order valence-electron chi connectivity index (χ0n) is 13.6. The summed E-state index contributed by atoms with van der Waals surface area (Å²) in [4.78, 5) is 9.52. The smallest absolute Gasteiger partial charge is 0.304 e. The minimum absolute atomic E-state index is 0.0694. The van der Waals surface area contributed by atoms with Gasteiger partial charge in [0.25, 0.3) is 0 Å². The van der Waals surface area contributed by atoms with E-state index in [1.807, 2.05) is 0 Å². The number of nitrogens with two attached hydrogens (primary N) is 5. The van der Waals surface area contributed by atoms with Crippen molar-refractivity contribution in [1.29, 1.82) is 0 Å². The Balaban J connectivity index is -0.0000000929. The van der Waals surface area contributed by atoms with E-state index in [0.29, 0.717) is 12.5 Å². The molecule has 0 aromatic heterocycles. The van der Waals surface area contributed by atoms with Crippen LogP contribution in [0.4, 0.5) is 0 Å². The van der Waals surface area contributed by atoms with E-state index >= 15 is 0 Å². The van der Waals surface area contributed by atoms with Gasteiger partial charge in [0.05, 0.1) is 13.0 Å². The highest BCUT2D eigenvalue weighted by Crippen LogP contribution is 1.81. The summed E-state index contributed by atoms with van der Waals surface area (Å²) < 4.78 is 0. The molecule has 0 spiro atoms. The van der Waals surface area contributed by atoms with Crippen molar-refractivity contribution in [2.24, 2.45) is 34.6 Å². The molecule has 0 aliphatic heterocycles. The lowest BCUT2D eigenvalue weighted by Gasteiger charge is -1.91. The van der Waals surface area contributed by atoms with Gasteiger partial charge in [0.2, 0.25) is 0 Å². The van der Waals surface area contributed by atoms with Crippen molar-refractivity contribution in [3.63, 3.8) is 0 Å². The van der Waals surface area contributed by atoms with Crippen LogP contribution in [0.3, 0.4) is 0 Å². The zero-order chi connectivity index (χ0) is 17.5. The Morgan fingerprint density at radius 3 is 1.29 bits per heavy atom. The van der Waals surface area contributed by atoms with Crippen LogP contribution in [0, 0.1) is 5.92 Å². The van der Waals surface area contributed by atoms with Crippen molar-refractivity contribution in [2.45, 2.75) is 33.1 Å². The van der Waals surface area contributed by atoms with E-state index in [0.717, 1.165) is 32.5 Å². The van der Waals surface area contributed by atoms with Crippen molar-refractivity contribution in [3.05, 3.63) is 0 Å². The molecule has 0 heterocycles. The van der Waals surface area contributed by atoms with Gasteiger partial charge in [-0.25, -0.2) is 0 Å². The molecule has 0 saturated heterocycles. The van der Waals surface area contributed by atoms with Gasteiger partial charge in [0.15, 0.2) is 0 Å². The number of hydrogen-bond donors (Lipinski definition) is 7. The Kier molecular flexibility index (Phi) is 42.7. The second-order valence-corrected chi connectivity index (χ2v) is 4.36. The third kappa shape index (κ3) is 84.3. The van der Waals surface area contributed by atoms with E-state index in [4.69, 9.17) is 38.9 Å². The number of carboxylic acids is 1. The van der Waals surface area contributed by atoms with Crippen LogP contribution in [-0.4, -0.2) is 55.5 Å². The Labute approximate surface area is 129 Å². The molecule has 132 valence electrons. The lowest BCUT2D eigenvalue weighted by atomic mass is 10.2. The van der Waals surface area contributed by atoms with Crippen LogP contribution in [-0.2, 0) is 4.79 Å². The minimum atomic E-state index is -0.836. The van der Waals surface area contributed by atoms with Gasteiger partial charge < -0.3 is 38.9 Å². The molecule has 0 aromatic carbocycles. The number of hydrogen-bond acceptors (Lipinski definition) is 7. The Hall–Kier alpha value is -0.770. The molecule has 0 amide bonds. The second kappa shape index (κ2) is 31.6. The molecule has 0 radical (unpaired) electrons. The van der Waals surface area contributed by atoms with E-state index in [-0.39, 0.29) is 19.6 Å². The van der Waals surface area contributed by atoms with Crippen LogP contribution in [0.25, 0.3) is 0 Å². The van der Waals surface area contributed by atoms with Crippen molar-refractivity contribution in [3.8, 4) is 0 Å². The average molecular weight is 311 g/mol. The van der Waals surface area contributed by atoms with Gasteiger partial charge in [0.1, 0.15) is 0 Å². The highest BCUT2D eigenvalue weighted by atomic mass is 16.4. The van der Waals surface area contributed by atoms with Gasteiger partial charge in [-0.2, -0.15) is 0 Å². The molecule has 0 unspecified atom stereocenters. The molecule has 8 nitrogen and oxygen atoms in total. The topological polar surface area (TPSA) is 188 Å². The fourth-order valence-electron chi connectivity index (χ4n) is 0.412. The van der Waals surface area contributed by atoms with Crippen LogP contribution in [0.5, 0.6) is 0 Å². The number of carbonyl (C=O) groups is 1. The molecule has 21 heavy (non-hydrogen) atoms. The van der Waals surface area contributed by atoms with E-state index in [9.17, 15) is 4.79 Å². The molecule has 0 bridgehead atoms. The van der Waals surface area contributed by atoms with E-state index in [1.54, 1.807) is 0 Å². The van der Waals surface area contributed by atoms with Crippen LogP contribution >= 0.6 is 0 Å². The Bertz CT molecular complexity index is 166. The molecular weight excluding hydrogens is 274 g/mol. The summed E-state index contributed by atoms with van der Waals surface area (Å²) in [5.74, 6) is -0.174. The molecule has 0 aliphatic carbocycles. The van der Waals surface area contributed by atoms with Crippen LogP contribution in [0.2, 0.25) is 0 Å². The highest BCUT2D eigenvalue weighted by Gasteiger charge is 1.87. The first-order valence-electron chi connectivity index (χ1n) is 7.20. The number of aliphatic carboxylic acids is 1. The third-order valence-electron chi connectivity index (χ3n) is 1.62. The molecular formula is C13H37N5O3. The number of aliphatic hydroxyl groups excluding tert-OH is 1. The predicted molar refractivity (Wildman–Crippen MR) is 88.7 cm³/mol. The van der Waals surface area contributed by atoms with Gasteiger partial charge in [-0.05, 0) is 38.4 Å². The molecule has 0 aromatic rings. The molecule has 0 aliphatic rings. The number of rotatable bonds is 7. The lowest BCUT2D eigenvalue weighted by molar-refractivity contribution is -0.136. The normalized spacial score (nSPS) is 8.62. The Morgan fingerprint density at radius 1 is 0.905 bits per heavy atom. The monoisotopic (exact) mass is 311 g/mol. The van der Waals surface area contributed by atoms with Gasteiger partial charge in [0, 0.05) is 13.1 Å². The van der Waals surface area contributed by atoms with Crippen LogP contribution in [0.15, 0.2) is 0 Å². The maximum absolute atomic E-state index is 9.52. The summed E-state index contributed by atoms with van der Waals surface area (Å²) in [6.07, 6.45) is 2.20. The van der Waals surface area contributed by atoms with Gasteiger partial charge in [-0.3, -0.25) is 4.79 Å². The number of aliphatic hydroxyl groups is 1. The largest absolute Gasteiger partial charge is 0.481 e. The van der Waals surface area contributed by atoms with Crippen LogP contribution < -0.4 is 28.7 Å². The molecule has 0 fully saturated rings. The Morgan fingerprint density at radius 2 is 1.24 bits per heavy atom. The molecule has 0 atom stereocenters. The number of carboxylic acid groups (broad SMARTS) is 1. The van der Waals surface area contributed by atoms with E-state index in [1.165, 1.54) is 0 Å². The van der Waals surface area contributed by atoms with Gasteiger partial charge in [-0.15, -0.1) is 0 Å². The summed E-state index contributed by atoms with van der Waals surface area (Å²) in [5, 5.41) is 15.6. The lowest BCUT2D eigenvalue weighted by Crippen LogP contribution is -2.05. The zero-order valence-corrected chi connectivity index (χ0v) is 13.6.